The van der Waals surface area contributed by atoms with Crippen LogP contribution in [0.2, 0.25) is 0 Å². The lowest BCUT2D eigenvalue weighted by Gasteiger charge is -2.11. The normalized spacial score (nSPS) is 18.6. The van der Waals surface area contributed by atoms with Crippen LogP contribution in [0.15, 0.2) is 23.1 Å². The van der Waals surface area contributed by atoms with Gasteiger partial charge in [-0.3, -0.25) is 0 Å². The van der Waals surface area contributed by atoms with E-state index in [9.17, 15) is 5.11 Å². The topological polar surface area (TPSA) is 46.2 Å². The fourth-order valence-electron chi connectivity index (χ4n) is 1.46. The summed E-state index contributed by atoms with van der Waals surface area (Å²) in [6.45, 7) is 0. The van der Waals surface area contributed by atoms with Gasteiger partial charge in [-0.15, -0.1) is 11.8 Å². The summed E-state index contributed by atoms with van der Waals surface area (Å²) < 4.78 is 0. The first kappa shape index (κ1) is 8.91. The molecular formula is C10H13NOS. The zero-order chi connectivity index (χ0) is 9.47. The molecule has 1 aliphatic carbocycles. The van der Waals surface area contributed by atoms with Gasteiger partial charge >= 0.3 is 0 Å². The molecule has 0 saturated heterocycles. The van der Waals surface area contributed by atoms with Crippen molar-refractivity contribution in [3.8, 4) is 5.75 Å². The van der Waals surface area contributed by atoms with Gasteiger partial charge in [-0.05, 0) is 31.2 Å². The number of thioether (sulfide) groups is 1. The summed E-state index contributed by atoms with van der Waals surface area (Å²) in [6.07, 6.45) is 3.96. The monoisotopic (exact) mass is 195 g/mol. The number of hydrogen-bond donors (Lipinski definition) is 2. The molecule has 70 valence electrons. The van der Waals surface area contributed by atoms with Crippen LogP contribution in [0.3, 0.4) is 0 Å². The van der Waals surface area contributed by atoms with E-state index in [0.29, 0.717) is 5.75 Å². The summed E-state index contributed by atoms with van der Waals surface area (Å²) in [7, 11) is 0. The van der Waals surface area contributed by atoms with E-state index in [1.54, 1.807) is 17.8 Å². The molecule has 13 heavy (non-hydrogen) atoms. The van der Waals surface area contributed by atoms with Crippen LogP contribution >= 0.6 is 11.8 Å². The summed E-state index contributed by atoms with van der Waals surface area (Å²) >= 11 is 1.62. The van der Waals surface area contributed by atoms with Gasteiger partial charge in [0.05, 0.1) is 0 Å². The predicted octanol–water partition coefficient (Wildman–Crippen LogP) is 2.06. The van der Waals surface area contributed by atoms with E-state index in [1.807, 2.05) is 18.4 Å². The van der Waals surface area contributed by atoms with Gasteiger partial charge in [0.1, 0.15) is 5.75 Å². The Bertz CT molecular complexity index is 334. The highest BCUT2D eigenvalue weighted by molar-refractivity contribution is 7.98. The number of benzene rings is 1. The second-order valence-corrected chi connectivity index (χ2v) is 4.42. The Labute approximate surface area is 82.1 Å². The van der Waals surface area contributed by atoms with E-state index in [-0.39, 0.29) is 5.54 Å². The van der Waals surface area contributed by atoms with Gasteiger partial charge in [0, 0.05) is 16.0 Å². The first-order valence-corrected chi connectivity index (χ1v) is 5.54. The van der Waals surface area contributed by atoms with E-state index in [1.165, 1.54) is 0 Å². The highest BCUT2D eigenvalue weighted by atomic mass is 32.2. The van der Waals surface area contributed by atoms with Crippen LogP contribution in [0, 0.1) is 0 Å². The van der Waals surface area contributed by atoms with E-state index in [2.05, 4.69) is 0 Å². The molecule has 0 aromatic heterocycles. The summed E-state index contributed by atoms with van der Waals surface area (Å²) in [5, 5.41) is 9.70. The summed E-state index contributed by atoms with van der Waals surface area (Å²) in [5.74, 6) is 0.340. The first-order chi connectivity index (χ1) is 6.15. The van der Waals surface area contributed by atoms with Crippen LogP contribution in [0.1, 0.15) is 18.4 Å². The zero-order valence-electron chi connectivity index (χ0n) is 7.58. The number of hydrogen-bond acceptors (Lipinski definition) is 3. The van der Waals surface area contributed by atoms with Crippen LogP contribution in [-0.4, -0.2) is 11.4 Å². The smallest absolute Gasteiger partial charge is 0.121 e. The first-order valence-electron chi connectivity index (χ1n) is 4.32. The Morgan fingerprint density at radius 3 is 2.62 bits per heavy atom. The SMILES string of the molecule is CSc1ccc(C2(N)CC2)c(O)c1. The predicted molar refractivity (Wildman–Crippen MR) is 55.0 cm³/mol. The molecule has 0 aliphatic heterocycles. The summed E-state index contributed by atoms with van der Waals surface area (Å²) in [5.41, 5.74) is 6.65. The molecule has 1 aliphatic rings. The van der Waals surface area contributed by atoms with Gasteiger partial charge in [0.25, 0.3) is 0 Å². The number of phenolic OH excluding ortho intramolecular Hbond substituents is 1. The van der Waals surface area contributed by atoms with Gasteiger partial charge in [0.2, 0.25) is 0 Å². The Morgan fingerprint density at radius 2 is 2.15 bits per heavy atom. The highest BCUT2D eigenvalue weighted by Gasteiger charge is 2.41. The van der Waals surface area contributed by atoms with Gasteiger partial charge in [-0.25, -0.2) is 0 Å². The molecule has 0 heterocycles. The maximum Gasteiger partial charge on any atom is 0.121 e. The molecule has 1 saturated carbocycles. The van der Waals surface area contributed by atoms with Crippen molar-refractivity contribution < 1.29 is 5.11 Å². The zero-order valence-corrected chi connectivity index (χ0v) is 8.40. The molecular weight excluding hydrogens is 182 g/mol. The van der Waals surface area contributed by atoms with Crippen molar-refractivity contribution in [2.24, 2.45) is 5.73 Å². The van der Waals surface area contributed by atoms with Crippen LogP contribution < -0.4 is 5.73 Å². The van der Waals surface area contributed by atoms with Crippen molar-refractivity contribution in [2.45, 2.75) is 23.3 Å². The molecule has 0 atom stereocenters. The van der Waals surface area contributed by atoms with Gasteiger partial charge in [0.15, 0.2) is 0 Å². The number of phenols is 1. The summed E-state index contributed by atoms with van der Waals surface area (Å²) in [6, 6.07) is 5.73. The summed E-state index contributed by atoms with van der Waals surface area (Å²) in [4.78, 5) is 1.07. The third-order valence-electron chi connectivity index (χ3n) is 2.53. The maximum absolute atomic E-state index is 9.70. The molecule has 0 radical (unpaired) electrons. The van der Waals surface area contributed by atoms with Crippen molar-refractivity contribution in [2.75, 3.05) is 6.26 Å². The molecule has 0 bridgehead atoms. The second-order valence-electron chi connectivity index (χ2n) is 3.54. The Hall–Kier alpha value is -0.670. The molecule has 3 heteroatoms. The quantitative estimate of drug-likeness (QED) is 0.710. The largest absolute Gasteiger partial charge is 0.508 e. The Balaban J connectivity index is 2.38. The minimum Gasteiger partial charge on any atom is -0.508 e. The van der Waals surface area contributed by atoms with Crippen molar-refractivity contribution in [3.63, 3.8) is 0 Å². The minimum absolute atomic E-state index is 0.235. The van der Waals surface area contributed by atoms with Crippen molar-refractivity contribution >= 4 is 11.8 Å². The van der Waals surface area contributed by atoms with Crippen LogP contribution in [-0.2, 0) is 5.54 Å². The third kappa shape index (κ3) is 1.54. The second kappa shape index (κ2) is 2.93. The average Bonchev–Trinajstić information content (AvgIpc) is 2.84. The van der Waals surface area contributed by atoms with Gasteiger partial charge in [-0.1, -0.05) is 6.07 Å². The molecule has 0 amide bonds. The lowest BCUT2D eigenvalue weighted by Crippen LogP contribution is -2.18. The molecule has 1 fully saturated rings. The molecule has 0 spiro atoms. The van der Waals surface area contributed by atoms with Gasteiger partial charge in [-0.2, -0.15) is 0 Å². The minimum atomic E-state index is -0.235. The third-order valence-corrected chi connectivity index (χ3v) is 3.26. The number of nitrogens with two attached hydrogens (primary N) is 1. The molecule has 2 nitrogen and oxygen atoms in total. The Kier molecular flexibility index (Phi) is 2.00. The number of rotatable bonds is 2. The van der Waals surface area contributed by atoms with Crippen molar-refractivity contribution in [3.05, 3.63) is 23.8 Å². The molecule has 1 aromatic carbocycles. The van der Waals surface area contributed by atoms with E-state index < -0.39 is 0 Å². The molecule has 2 rings (SSSR count). The van der Waals surface area contributed by atoms with E-state index >= 15 is 0 Å². The Morgan fingerprint density at radius 1 is 1.46 bits per heavy atom. The highest BCUT2D eigenvalue weighted by Crippen LogP contribution is 2.46. The maximum atomic E-state index is 9.70. The van der Waals surface area contributed by atoms with E-state index in [4.69, 9.17) is 5.73 Å². The van der Waals surface area contributed by atoms with Crippen LogP contribution in [0.25, 0.3) is 0 Å². The fourth-order valence-corrected chi connectivity index (χ4v) is 1.90. The lowest BCUT2D eigenvalue weighted by atomic mass is 10.1. The molecule has 0 unspecified atom stereocenters. The fraction of sp³-hybridized carbons (Fsp3) is 0.400. The lowest BCUT2D eigenvalue weighted by molar-refractivity contribution is 0.458. The van der Waals surface area contributed by atoms with Crippen molar-refractivity contribution in [1.29, 1.82) is 0 Å². The molecule has 3 N–H and O–H groups in total. The number of aromatic hydroxyl groups is 1. The average molecular weight is 195 g/mol. The van der Waals surface area contributed by atoms with Crippen molar-refractivity contribution in [1.82, 2.24) is 0 Å². The van der Waals surface area contributed by atoms with E-state index in [0.717, 1.165) is 23.3 Å². The molecule has 1 aromatic rings. The standard InChI is InChI=1S/C10H13NOS/c1-13-7-2-3-8(9(12)6-7)10(11)4-5-10/h2-3,6,12H,4-5,11H2,1H3. The van der Waals surface area contributed by atoms with Crippen LogP contribution in [0.4, 0.5) is 0 Å². The van der Waals surface area contributed by atoms with Crippen LogP contribution in [0.5, 0.6) is 5.75 Å². The van der Waals surface area contributed by atoms with Gasteiger partial charge < -0.3 is 10.8 Å².